The molecule has 10 heteroatoms. The van der Waals surface area contributed by atoms with E-state index in [1.165, 1.54) is 30.5 Å². The van der Waals surface area contributed by atoms with Crippen LogP contribution in [-0.4, -0.2) is 4.98 Å². The maximum Gasteiger partial charge on any atom is 0.418 e. The van der Waals surface area contributed by atoms with E-state index in [1.807, 2.05) is 0 Å². The molecule has 0 aliphatic carbocycles. The van der Waals surface area contributed by atoms with Gasteiger partial charge in [-0.15, -0.1) is 0 Å². The second-order valence-corrected chi connectivity index (χ2v) is 8.04. The van der Waals surface area contributed by atoms with Crippen molar-refractivity contribution < 1.29 is 13.2 Å². The minimum absolute atomic E-state index is 0.0166. The SMILES string of the molecule is FC(F)(F)c1cncc(-c2cc(Cl)c(Cl)cc2Cl)c1-c1cc(Cl)c(Cl)cc1Cl. The molecular weight excluding hydrogens is 500 g/mol. The first-order valence-corrected chi connectivity index (χ1v) is 9.62. The Kier molecular flexibility index (Phi) is 6.31. The van der Waals surface area contributed by atoms with Gasteiger partial charge in [0.05, 0.1) is 35.7 Å². The summed E-state index contributed by atoms with van der Waals surface area (Å²) in [6, 6.07) is 5.22. The summed E-state index contributed by atoms with van der Waals surface area (Å²) in [6.45, 7) is 0. The van der Waals surface area contributed by atoms with Crippen LogP contribution in [0.15, 0.2) is 36.7 Å². The van der Waals surface area contributed by atoms with E-state index in [4.69, 9.17) is 69.6 Å². The minimum atomic E-state index is -4.73. The van der Waals surface area contributed by atoms with Crippen LogP contribution in [-0.2, 0) is 6.18 Å². The predicted molar refractivity (Wildman–Crippen MR) is 110 cm³/mol. The monoisotopic (exact) mass is 503 g/mol. The van der Waals surface area contributed by atoms with Gasteiger partial charge in [0.1, 0.15) is 0 Å². The lowest BCUT2D eigenvalue weighted by atomic mass is 9.92. The Morgan fingerprint density at radius 1 is 0.571 bits per heavy atom. The van der Waals surface area contributed by atoms with Crippen molar-refractivity contribution in [3.63, 3.8) is 0 Å². The molecule has 0 aliphatic heterocycles. The van der Waals surface area contributed by atoms with Gasteiger partial charge in [-0.2, -0.15) is 13.2 Å². The molecule has 0 radical (unpaired) electrons. The van der Waals surface area contributed by atoms with E-state index in [2.05, 4.69) is 4.98 Å². The summed E-state index contributed by atoms with van der Waals surface area (Å²) in [4.78, 5) is 3.72. The highest BCUT2D eigenvalue weighted by atomic mass is 35.5. The van der Waals surface area contributed by atoms with Crippen LogP contribution >= 0.6 is 69.6 Å². The summed E-state index contributed by atoms with van der Waals surface area (Å²) >= 11 is 36.3. The van der Waals surface area contributed by atoms with Crippen molar-refractivity contribution >= 4 is 69.6 Å². The topological polar surface area (TPSA) is 12.9 Å². The molecule has 0 N–H and O–H groups in total. The van der Waals surface area contributed by atoms with Gasteiger partial charge in [-0.1, -0.05) is 69.6 Å². The highest BCUT2D eigenvalue weighted by Gasteiger charge is 2.36. The van der Waals surface area contributed by atoms with Gasteiger partial charge in [0, 0.05) is 34.6 Å². The van der Waals surface area contributed by atoms with Crippen LogP contribution in [0, 0.1) is 0 Å². The lowest BCUT2D eigenvalue weighted by Crippen LogP contribution is -2.09. The molecule has 1 aromatic heterocycles. The Morgan fingerprint density at radius 3 is 1.57 bits per heavy atom. The average molecular weight is 506 g/mol. The molecule has 0 saturated heterocycles. The van der Waals surface area contributed by atoms with Crippen LogP contribution in [0.5, 0.6) is 0 Å². The molecule has 0 atom stereocenters. The van der Waals surface area contributed by atoms with Gasteiger partial charge in [0.25, 0.3) is 0 Å². The third-order valence-corrected chi connectivity index (χ3v) is 5.90. The molecule has 0 fully saturated rings. The summed E-state index contributed by atoms with van der Waals surface area (Å²) in [6.07, 6.45) is -2.80. The Bertz CT molecular complexity index is 1080. The summed E-state index contributed by atoms with van der Waals surface area (Å²) in [5.41, 5.74) is -1.01. The first kappa shape index (κ1) is 21.8. The molecule has 146 valence electrons. The number of nitrogens with zero attached hydrogens (tertiary/aromatic N) is 1. The van der Waals surface area contributed by atoms with Gasteiger partial charge in [0.15, 0.2) is 0 Å². The minimum Gasteiger partial charge on any atom is -0.263 e. The van der Waals surface area contributed by atoms with E-state index in [0.29, 0.717) is 6.20 Å². The van der Waals surface area contributed by atoms with Gasteiger partial charge in [-0.25, -0.2) is 0 Å². The first-order valence-electron chi connectivity index (χ1n) is 7.35. The summed E-state index contributed by atoms with van der Waals surface area (Å²) in [5, 5.41) is 0.481. The van der Waals surface area contributed by atoms with Gasteiger partial charge in [0.2, 0.25) is 0 Å². The number of hydrogen-bond donors (Lipinski definition) is 0. The molecule has 1 heterocycles. The number of alkyl halides is 3. The van der Waals surface area contributed by atoms with E-state index in [0.717, 1.165) is 0 Å². The Morgan fingerprint density at radius 2 is 1.04 bits per heavy atom. The van der Waals surface area contributed by atoms with Crippen LogP contribution in [0.3, 0.4) is 0 Å². The molecule has 0 unspecified atom stereocenters. The highest BCUT2D eigenvalue weighted by molar-refractivity contribution is 6.45. The fraction of sp³-hybridized carbons (Fsp3) is 0.0556. The molecule has 3 aromatic rings. The normalized spacial score (nSPS) is 11.8. The van der Waals surface area contributed by atoms with E-state index in [1.54, 1.807) is 0 Å². The zero-order valence-electron chi connectivity index (χ0n) is 13.3. The van der Waals surface area contributed by atoms with Crippen LogP contribution < -0.4 is 0 Å². The fourth-order valence-corrected chi connectivity index (χ4v) is 3.90. The highest BCUT2D eigenvalue weighted by Crippen LogP contribution is 2.47. The zero-order chi connectivity index (χ0) is 20.8. The smallest absolute Gasteiger partial charge is 0.263 e. The van der Waals surface area contributed by atoms with Crippen molar-refractivity contribution in [1.29, 1.82) is 0 Å². The van der Waals surface area contributed by atoms with E-state index < -0.39 is 11.7 Å². The fourth-order valence-electron chi connectivity index (χ4n) is 2.61. The number of halogens is 9. The van der Waals surface area contributed by atoms with Crippen molar-refractivity contribution in [2.75, 3.05) is 0 Å². The van der Waals surface area contributed by atoms with Gasteiger partial charge in [-0.05, 0) is 24.3 Å². The summed E-state index contributed by atoms with van der Waals surface area (Å²) in [7, 11) is 0. The van der Waals surface area contributed by atoms with Crippen molar-refractivity contribution in [3.8, 4) is 22.3 Å². The van der Waals surface area contributed by atoms with Crippen LogP contribution in [0.2, 0.25) is 30.1 Å². The van der Waals surface area contributed by atoms with Gasteiger partial charge in [-0.3, -0.25) is 4.98 Å². The van der Waals surface area contributed by atoms with Crippen molar-refractivity contribution in [3.05, 3.63) is 72.4 Å². The molecule has 0 amide bonds. The second kappa shape index (κ2) is 8.10. The third-order valence-electron chi connectivity index (χ3n) is 3.83. The largest absolute Gasteiger partial charge is 0.418 e. The van der Waals surface area contributed by atoms with Gasteiger partial charge >= 0.3 is 6.18 Å². The van der Waals surface area contributed by atoms with E-state index in [9.17, 15) is 13.2 Å². The van der Waals surface area contributed by atoms with Crippen LogP contribution in [0.25, 0.3) is 22.3 Å². The second-order valence-electron chi connectivity index (χ2n) is 5.60. The Hall–Kier alpha value is -0.880. The molecule has 0 aliphatic rings. The quantitative estimate of drug-likeness (QED) is 0.316. The zero-order valence-corrected chi connectivity index (χ0v) is 17.8. The number of benzene rings is 2. The van der Waals surface area contributed by atoms with Crippen molar-refractivity contribution in [2.24, 2.45) is 0 Å². The van der Waals surface area contributed by atoms with E-state index >= 15 is 0 Å². The maximum atomic E-state index is 13.8. The average Bonchev–Trinajstić information content (AvgIpc) is 2.60. The Balaban J connectivity index is 2.45. The summed E-state index contributed by atoms with van der Waals surface area (Å²) in [5.74, 6) is 0. The standard InChI is InChI=1S/C18H6Cl6F3N/c19-11-3-15(23)13(21)1-7(11)9-5-28-6-10(18(25,26)27)17(9)8-2-14(22)16(24)4-12(8)20/h1-6H. The molecule has 2 aromatic carbocycles. The molecule has 0 bridgehead atoms. The molecular formula is C18H6Cl6F3N. The number of rotatable bonds is 2. The van der Waals surface area contributed by atoms with Crippen LogP contribution in [0.1, 0.15) is 5.56 Å². The number of aromatic nitrogens is 1. The lowest BCUT2D eigenvalue weighted by molar-refractivity contribution is -0.137. The molecule has 1 nitrogen and oxygen atoms in total. The Labute approximate surface area is 187 Å². The predicted octanol–water partition coefficient (Wildman–Crippen LogP) is 9.35. The lowest BCUT2D eigenvalue weighted by Gasteiger charge is -2.19. The maximum absolute atomic E-state index is 13.8. The first-order chi connectivity index (χ1) is 13.0. The van der Waals surface area contributed by atoms with Crippen molar-refractivity contribution in [2.45, 2.75) is 6.18 Å². The van der Waals surface area contributed by atoms with E-state index in [-0.39, 0.29) is 52.4 Å². The number of pyridine rings is 1. The number of hydrogen-bond acceptors (Lipinski definition) is 1. The summed E-state index contributed by atoms with van der Waals surface area (Å²) < 4.78 is 41.3. The van der Waals surface area contributed by atoms with Crippen molar-refractivity contribution in [1.82, 2.24) is 4.98 Å². The molecule has 3 rings (SSSR count). The van der Waals surface area contributed by atoms with Gasteiger partial charge < -0.3 is 0 Å². The molecule has 0 saturated carbocycles. The van der Waals surface area contributed by atoms with Crippen LogP contribution in [0.4, 0.5) is 13.2 Å². The molecule has 28 heavy (non-hydrogen) atoms. The third kappa shape index (κ3) is 4.18. The molecule has 0 spiro atoms.